The number of methoxy groups -OCH3 is 2. The Morgan fingerprint density at radius 3 is 2.32 bits per heavy atom. The van der Waals surface area contributed by atoms with E-state index < -0.39 is 6.03 Å². The number of hydrogen-bond acceptors (Lipinski definition) is 6. The molecule has 0 bridgehead atoms. The standard InChI is InChI=1S/C17H25N3O5/c1-5-7-13(19-20-17(18)22)12-10-15(24-4)14(23-3)8-11(12)9-16(21)25-6-2/h8,10H,5-7,9H2,1-4H3,(H3,18,20,22). The number of benzene rings is 1. The average Bonchev–Trinajstić information content (AvgIpc) is 2.58. The molecule has 8 nitrogen and oxygen atoms in total. The first-order chi connectivity index (χ1) is 12.0. The van der Waals surface area contributed by atoms with Gasteiger partial charge in [-0.05, 0) is 31.0 Å². The van der Waals surface area contributed by atoms with Crippen molar-refractivity contribution in [3.05, 3.63) is 23.3 Å². The number of hydrazone groups is 1. The molecule has 1 aromatic carbocycles. The fourth-order valence-electron chi connectivity index (χ4n) is 2.31. The predicted molar refractivity (Wildman–Crippen MR) is 94.0 cm³/mol. The zero-order valence-corrected chi connectivity index (χ0v) is 15.0. The smallest absolute Gasteiger partial charge is 0.332 e. The maximum atomic E-state index is 11.9. The van der Waals surface area contributed by atoms with Gasteiger partial charge in [-0.2, -0.15) is 5.10 Å². The van der Waals surface area contributed by atoms with Crippen molar-refractivity contribution in [2.24, 2.45) is 10.8 Å². The van der Waals surface area contributed by atoms with E-state index in [-0.39, 0.29) is 12.4 Å². The van der Waals surface area contributed by atoms with Crippen LogP contribution < -0.4 is 20.6 Å². The summed E-state index contributed by atoms with van der Waals surface area (Å²) in [5.41, 5.74) is 9.25. The maximum Gasteiger partial charge on any atom is 0.332 e. The Hall–Kier alpha value is -2.77. The summed E-state index contributed by atoms with van der Waals surface area (Å²) in [5, 5.41) is 4.07. The molecule has 25 heavy (non-hydrogen) atoms. The molecule has 0 aliphatic heterocycles. The van der Waals surface area contributed by atoms with Gasteiger partial charge in [0.2, 0.25) is 0 Å². The van der Waals surface area contributed by atoms with Crippen LogP contribution in [0.3, 0.4) is 0 Å². The summed E-state index contributed by atoms with van der Waals surface area (Å²) in [4.78, 5) is 22.9. The Morgan fingerprint density at radius 1 is 1.16 bits per heavy atom. The van der Waals surface area contributed by atoms with E-state index in [1.165, 1.54) is 14.2 Å². The number of carbonyl (C=O) groups is 2. The van der Waals surface area contributed by atoms with Crippen molar-refractivity contribution in [2.75, 3.05) is 20.8 Å². The summed E-state index contributed by atoms with van der Waals surface area (Å²) in [5.74, 6) is 0.618. The van der Waals surface area contributed by atoms with Gasteiger partial charge in [-0.15, -0.1) is 0 Å². The van der Waals surface area contributed by atoms with Crippen molar-refractivity contribution in [3.8, 4) is 11.5 Å². The van der Waals surface area contributed by atoms with E-state index in [2.05, 4.69) is 10.5 Å². The molecule has 0 aliphatic rings. The maximum absolute atomic E-state index is 11.9. The third kappa shape index (κ3) is 5.98. The van der Waals surface area contributed by atoms with Crippen molar-refractivity contribution in [1.82, 2.24) is 5.43 Å². The van der Waals surface area contributed by atoms with Crippen LogP contribution in [0.4, 0.5) is 4.79 Å². The predicted octanol–water partition coefficient (Wildman–Crippen LogP) is 1.98. The number of primary amides is 1. The van der Waals surface area contributed by atoms with Gasteiger partial charge in [0, 0.05) is 5.56 Å². The van der Waals surface area contributed by atoms with Crippen LogP contribution in [0.2, 0.25) is 0 Å². The number of hydrogen-bond donors (Lipinski definition) is 2. The number of urea groups is 1. The van der Waals surface area contributed by atoms with Crippen LogP contribution in [0, 0.1) is 0 Å². The topological polar surface area (TPSA) is 112 Å². The molecule has 0 aliphatic carbocycles. The molecule has 2 amide bonds. The van der Waals surface area contributed by atoms with Crippen LogP contribution in [-0.2, 0) is 16.0 Å². The Bertz CT molecular complexity index is 643. The van der Waals surface area contributed by atoms with Crippen LogP contribution in [-0.4, -0.2) is 38.5 Å². The number of carbonyl (C=O) groups excluding carboxylic acids is 2. The Morgan fingerprint density at radius 2 is 1.80 bits per heavy atom. The van der Waals surface area contributed by atoms with E-state index in [0.717, 1.165) is 6.42 Å². The van der Waals surface area contributed by atoms with Gasteiger partial charge in [0.1, 0.15) is 0 Å². The van der Waals surface area contributed by atoms with E-state index in [1.54, 1.807) is 19.1 Å². The van der Waals surface area contributed by atoms with Crippen LogP contribution in [0.25, 0.3) is 0 Å². The lowest BCUT2D eigenvalue weighted by Gasteiger charge is -2.16. The third-order valence-corrected chi connectivity index (χ3v) is 3.35. The molecule has 0 unspecified atom stereocenters. The quantitative estimate of drug-likeness (QED) is 0.401. The average molecular weight is 351 g/mol. The molecule has 1 rings (SSSR count). The summed E-state index contributed by atoms with van der Waals surface area (Å²) in [7, 11) is 3.03. The molecule has 138 valence electrons. The monoisotopic (exact) mass is 351 g/mol. The minimum absolute atomic E-state index is 0.0445. The van der Waals surface area contributed by atoms with Gasteiger partial charge in [0.05, 0.1) is 33.0 Å². The van der Waals surface area contributed by atoms with Crippen LogP contribution >= 0.6 is 0 Å². The Kier molecular flexibility index (Phi) is 8.25. The SMILES string of the molecule is CCCC(=NNC(N)=O)c1cc(OC)c(OC)cc1CC(=O)OCC. The lowest BCUT2D eigenvalue weighted by atomic mass is 9.97. The van der Waals surface area contributed by atoms with Crippen LogP contribution in [0.15, 0.2) is 17.2 Å². The molecule has 0 fully saturated rings. The molecule has 8 heteroatoms. The van der Waals surface area contributed by atoms with Gasteiger partial charge < -0.3 is 19.9 Å². The second-order valence-corrected chi connectivity index (χ2v) is 5.13. The van der Waals surface area contributed by atoms with E-state index in [1.807, 2.05) is 6.92 Å². The molecular formula is C17H25N3O5. The lowest BCUT2D eigenvalue weighted by molar-refractivity contribution is -0.142. The number of esters is 1. The molecule has 0 saturated carbocycles. The third-order valence-electron chi connectivity index (χ3n) is 3.35. The fraction of sp³-hybridized carbons (Fsp3) is 0.471. The van der Waals surface area contributed by atoms with Gasteiger partial charge in [0.15, 0.2) is 11.5 Å². The first-order valence-electron chi connectivity index (χ1n) is 7.99. The van der Waals surface area contributed by atoms with Crippen molar-refractivity contribution in [1.29, 1.82) is 0 Å². The normalized spacial score (nSPS) is 11.0. The minimum atomic E-state index is -0.763. The molecule has 1 aromatic rings. The highest BCUT2D eigenvalue weighted by molar-refractivity contribution is 6.03. The minimum Gasteiger partial charge on any atom is -0.493 e. The highest BCUT2D eigenvalue weighted by Gasteiger charge is 2.18. The van der Waals surface area contributed by atoms with Crippen molar-refractivity contribution < 1.29 is 23.8 Å². The van der Waals surface area contributed by atoms with E-state index in [0.29, 0.717) is 41.4 Å². The zero-order valence-electron chi connectivity index (χ0n) is 15.0. The Labute approximate surface area is 147 Å². The van der Waals surface area contributed by atoms with Gasteiger partial charge in [-0.1, -0.05) is 13.3 Å². The van der Waals surface area contributed by atoms with Crippen LogP contribution in [0.1, 0.15) is 37.8 Å². The Balaban J connectivity index is 3.42. The molecule has 0 aromatic heterocycles. The summed E-state index contributed by atoms with van der Waals surface area (Å²) in [6.07, 6.45) is 1.40. The second kappa shape index (κ2) is 10.2. The number of ether oxygens (including phenoxy) is 3. The number of rotatable bonds is 9. The van der Waals surface area contributed by atoms with Gasteiger partial charge in [-0.25, -0.2) is 10.2 Å². The van der Waals surface area contributed by atoms with Crippen molar-refractivity contribution >= 4 is 17.7 Å². The van der Waals surface area contributed by atoms with Gasteiger partial charge in [-0.3, -0.25) is 4.79 Å². The summed E-state index contributed by atoms with van der Waals surface area (Å²) in [6.45, 7) is 4.01. The number of nitrogens with one attached hydrogen (secondary N) is 1. The highest BCUT2D eigenvalue weighted by atomic mass is 16.5. The molecule has 0 saturated heterocycles. The molecular weight excluding hydrogens is 326 g/mol. The van der Waals surface area contributed by atoms with Crippen LogP contribution in [0.5, 0.6) is 11.5 Å². The number of amides is 2. The fourth-order valence-corrected chi connectivity index (χ4v) is 2.31. The van der Waals surface area contributed by atoms with Gasteiger partial charge in [0.25, 0.3) is 0 Å². The number of nitrogens with two attached hydrogens (primary N) is 1. The van der Waals surface area contributed by atoms with Crippen molar-refractivity contribution in [3.63, 3.8) is 0 Å². The van der Waals surface area contributed by atoms with E-state index >= 15 is 0 Å². The summed E-state index contributed by atoms with van der Waals surface area (Å²) >= 11 is 0. The van der Waals surface area contributed by atoms with E-state index in [4.69, 9.17) is 19.9 Å². The summed E-state index contributed by atoms with van der Waals surface area (Å²) < 4.78 is 15.7. The molecule has 0 heterocycles. The highest BCUT2D eigenvalue weighted by Crippen LogP contribution is 2.32. The first-order valence-corrected chi connectivity index (χ1v) is 7.99. The largest absolute Gasteiger partial charge is 0.493 e. The second-order valence-electron chi connectivity index (χ2n) is 5.13. The lowest BCUT2D eigenvalue weighted by Crippen LogP contribution is -2.26. The number of nitrogens with zero attached hydrogens (tertiary/aromatic N) is 1. The molecule has 0 atom stereocenters. The molecule has 3 N–H and O–H groups in total. The van der Waals surface area contributed by atoms with Gasteiger partial charge >= 0.3 is 12.0 Å². The van der Waals surface area contributed by atoms with E-state index in [9.17, 15) is 9.59 Å². The van der Waals surface area contributed by atoms with Crippen molar-refractivity contribution in [2.45, 2.75) is 33.1 Å². The summed E-state index contributed by atoms with van der Waals surface area (Å²) in [6, 6.07) is 2.67. The first kappa shape index (κ1) is 20.3. The zero-order chi connectivity index (χ0) is 18.8. The molecule has 0 radical (unpaired) electrons. The molecule has 0 spiro atoms.